The molecule has 1 atom stereocenters. The minimum absolute atomic E-state index is 0.0935. The van der Waals surface area contributed by atoms with E-state index in [9.17, 15) is 4.79 Å². The molecule has 0 aliphatic heterocycles. The van der Waals surface area contributed by atoms with Crippen molar-refractivity contribution >= 4 is 17.2 Å². The van der Waals surface area contributed by atoms with Crippen molar-refractivity contribution in [1.82, 2.24) is 10.3 Å². The van der Waals surface area contributed by atoms with Crippen molar-refractivity contribution in [3.8, 4) is 0 Å². The van der Waals surface area contributed by atoms with Gasteiger partial charge < -0.3 is 11.1 Å². The Balaban J connectivity index is 1.79. The zero-order valence-electron chi connectivity index (χ0n) is 11.5. The minimum Gasteiger partial charge on any atom is -0.354 e. The molecule has 4 nitrogen and oxygen atoms in total. The lowest BCUT2D eigenvalue weighted by molar-refractivity contribution is -0.121. The molecule has 2 rings (SSSR count). The zero-order chi connectivity index (χ0) is 13.7. The van der Waals surface area contributed by atoms with E-state index in [1.165, 1.54) is 37.8 Å². The Kier molecular flexibility index (Phi) is 5.34. The number of amides is 1. The molecular weight excluding hydrogens is 258 g/mol. The van der Waals surface area contributed by atoms with Crippen molar-refractivity contribution in [2.45, 2.75) is 57.4 Å². The second kappa shape index (κ2) is 7.01. The van der Waals surface area contributed by atoms with Gasteiger partial charge in [-0.25, -0.2) is 4.98 Å². The number of aromatic nitrogens is 1. The third-order valence-corrected chi connectivity index (χ3v) is 4.57. The maximum absolute atomic E-state index is 11.3. The average Bonchev–Trinajstić information content (AvgIpc) is 2.88. The van der Waals surface area contributed by atoms with Crippen LogP contribution in [0.5, 0.6) is 0 Å². The lowest BCUT2D eigenvalue weighted by Crippen LogP contribution is -2.39. The molecule has 1 fully saturated rings. The fourth-order valence-electron chi connectivity index (χ4n) is 2.48. The average molecular weight is 281 g/mol. The van der Waals surface area contributed by atoms with Crippen molar-refractivity contribution in [3.05, 3.63) is 16.1 Å². The Morgan fingerprint density at radius 3 is 2.95 bits per heavy atom. The molecule has 0 saturated heterocycles. The number of hydrogen-bond donors (Lipinski definition) is 2. The van der Waals surface area contributed by atoms with Crippen LogP contribution in [0, 0.1) is 0 Å². The van der Waals surface area contributed by atoms with Crippen molar-refractivity contribution in [2.24, 2.45) is 5.73 Å². The molecule has 0 bridgehead atoms. The highest BCUT2D eigenvalue weighted by Gasteiger charge is 2.18. The lowest BCUT2D eigenvalue weighted by Gasteiger charge is -2.19. The number of hydrogen-bond acceptors (Lipinski definition) is 4. The summed E-state index contributed by atoms with van der Waals surface area (Å²) in [5.74, 6) is 0.571. The largest absolute Gasteiger partial charge is 0.354 e. The monoisotopic (exact) mass is 281 g/mol. The van der Waals surface area contributed by atoms with Crippen LogP contribution >= 0.6 is 11.3 Å². The molecule has 0 aromatic carbocycles. The number of carbonyl (C=O) groups excluding carboxylic acids is 1. The molecule has 0 spiro atoms. The van der Waals surface area contributed by atoms with Crippen LogP contribution in [0.2, 0.25) is 0 Å². The first kappa shape index (κ1) is 14.5. The first-order valence-electron chi connectivity index (χ1n) is 7.14. The number of thiazole rings is 1. The van der Waals surface area contributed by atoms with Crippen LogP contribution in [-0.4, -0.2) is 23.5 Å². The number of nitrogens with one attached hydrogen (secondary N) is 1. The van der Waals surface area contributed by atoms with Crippen LogP contribution in [0.4, 0.5) is 0 Å². The molecule has 106 valence electrons. The highest BCUT2D eigenvalue weighted by atomic mass is 32.1. The van der Waals surface area contributed by atoms with Crippen molar-refractivity contribution in [1.29, 1.82) is 0 Å². The molecule has 1 amide bonds. The van der Waals surface area contributed by atoms with Crippen LogP contribution in [0.1, 0.15) is 55.6 Å². The number of carbonyl (C=O) groups is 1. The summed E-state index contributed by atoms with van der Waals surface area (Å²) >= 11 is 1.71. The van der Waals surface area contributed by atoms with Gasteiger partial charge in [0.25, 0.3) is 0 Å². The SMILES string of the molecule is C[C@@H](N)C(=O)NCCc1nc(C2CCCCC2)cs1. The molecule has 1 aliphatic rings. The molecule has 19 heavy (non-hydrogen) atoms. The Bertz CT molecular complexity index is 411. The molecule has 1 aliphatic carbocycles. The topological polar surface area (TPSA) is 68.0 Å². The number of rotatable bonds is 5. The molecular formula is C14H23N3OS. The highest BCUT2D eigenvalue weighted by Crippen LogP contribution is 2.32. The molecule has 1 aromatic rings. The van der Waals surface area contributed by atoms with E-state index >= 15 is 0 Å². The molecule has 0 unspecified atom stereocenters. The lowest BCUT2D eigenvalue weighted by atomic mass is 9.87. The van der Waals surface area contributed by atoms with Gasteiger partial charge in [0.1, 0.15) is 0 Å². The Morgan fingerprint density at radius 2 is 2.26 bits per heavy atom. The Hall–Kier alpha value is -0.940. The number of nitrogens with two attached hydrogens (primary N) is 1. The summed E-state index contributed by atoms with van der Waals surface area (Å²) in [5.41, 5.74) is 6.75. The summed E-state index contributed by atoms with van der Waals surface area (Å²) in [7, 11) is 0. The first-order chi connectivity index (χ1) is 9.16. The van der Waals surface area contributed by atoms with Gasteiger partial charge in [0.05, 0.1) is 16.7 Å². The normalized spacial score (nSPS) is 18.2. The Morgan fingerprint density at radius 1 is 1.53 bits per heavy atom. The molecule has 0 radical (unpaired) electrons. The second-order valence-electron chi connectivity index (χ2n) is 5.33. The van der Waals surface area contributed by atoms with E-state index in [0.29, 0.717) is 12.5 Å². The van der Waals surface area contributed by atoms with Crippen molar-refractivity contribution in [2.75, 3.05) is 6.54 Å². The van der Waals surface area contributed by atoms with E-state index < -0.39 is 6.04 Å². The van der Waals surface area contributed by atoms with Gasteiger partial charge in [0.15, 0.2) is 0 Å². The van der Waals surface area contributed by atoms with E-state index in [1.54, 1.807) is 18.3 Å². The molecule has 5 heteroatoms. The quantitative estimate of drug-likeness (QED) is 0.869. The summed E-state index contributed by atoms with van der Waals surface area (Å²) in [6.45, 7) is 2.32. The maximum Gasteiger partial charge on any atom is 0.236 e. The fourth-order valence-corrected chi connectivity index (χ4v) is 3.36. The zero-order valence-corrected chi connectivity index (χ0v) is 12.3. The third kappa shape index (κ3) is 4.28. The predicted molar refractivity (Wildman–Crippen MR) is 78.3 cm³/mol. The van der Waals surface area contributed by atoms with Gasteiger partial charge in [0.2, 0.25) is 5.91 Å². The molecule has 1 saturated carbocycles. The highest BCUT2D eigenvalue weighted by molar-refractivity contribution is 7.09. The molecule has 1 aromatic heterocycles. The summed E-state index contributed by atoms with van der Waals surface area (Å²) in [4.78, 5) is 16.0. The van der Waals surface area contributed by atoms with Gasteiger partial charge >= 0.3 is 0 Å². The van der Waals surface area contributed by atoms with Gasteiger partial charge in [-0.1, -0.05) is 19.3 Å². The molecule has 3 N–H and O–H groups in total. The van der Waals surface area contributed by atoms with Crippen LogP contribution < -0.4 is 11.1 Å². The van der Waals surface area contributed by atoms with Crippen LogP contribution in [-0.2, 0) is 11.2 Å². The van der Waals surface area contributed by atoms with Crippen LogP contribution in [0.3, 0.4) is 0 Å². The van der Waals surface area contributed by atoms with Crippen molar-refractivity contribution in [3.63, 3.8) is 0 Å². The summed E-state index contributed by atoms with van der Waals surface area (Å²) in [6.07, 6.45) is 7.41. The van der Waals surface area contributed by atoms with E-state index in [2.05, 4.69) is 10.7 Å². The van der Waals surface area contributed by atoms with Crippen LogP contribution in [0.25, 0.3) is 0 Å². The van der Waals surface area contributed by atoms with Gasteiger partial charge in [-0.15, -0.1) is 11.3 Å². The van der Waals surface area contributed by atoms with E-state index in [-0.39, 0.29) is 5.91 Å². The third-order valence-electron chi connectivity index (χ3n) is 3.64. The summed E-state index contributed by atoms with van der Waals surface area (Å²) in [6, 6.07) is -0.436. The van der Waals surface area contributed by atoms with E-state index in [4.69, 9.17) is 10.7 Å². The summed E-state index contributed by atoms with van der Waals surface area (Å²) < 4.78 is 0. The van der Waals surface area contributed by atoms with E-state index in [1.807, 2.05) is 0 Å². The van der Waals surface area contributed by atoms with Gasteiger partial charge in [-0.3, -0.25) is 4.79 Å². The fraction of sp³-hybridized carbons (Fsp3) is 0.714. The van der Waals surface area contributed by atoms with Gasteiger partial charge in [0, 0.05) is 24.3 Å². The van der Waals surface area contributed by atoms with Crippen molar-refractivity contribution < 1.29 is 4.79 Å². The number of nitrogens with zero attached hydrogens (tertiary/aromatic N) is 1. The summed E-state index contributed by atoms with van der Waals surface area (Å²) in [5, 5.41) is 6.13. The first-order valence-corrected chi connectivity index (χ1v) is 8.02. The maximum atomic E-state index is 11.3. The molecule has 1 heterocycles. The van der Waals surface area contributed by atoms with E-state index in [0.717, 1.165) is 11.4 Å². The Labute approximate surface area is 118 Å². The van der Waals surface area contributed by atoms with Crippen LogP contribution in [0.15, 0.2) is 5.38 Å². The van der Waals surface area contributed by atoms with Gasteiger partial charge in [-0.05, 0) is 19.8 Å². The second-order valence-corrected chi connectivity index (χ2v) is 6.27. The standard InChI is InChI=1S/C14H23N3OS/c1-10(15)14(18)16-8-7-13-17-12(9-19-13)11-5-3-2-4-6-11/h9-11H,2-8,15H2,1H3,(H,16,18)/t10-/m1/s1. The van der Waals surface area contributed by atoms with Gasteiger partial charge in [-0.2, -0.15) is 0 Å². The predicted octanol–water partition coefficient (Wildman–Crippen LogP) is 2.20. The minimum atomic E-state index is -0.436. The smallest absolute Gasteiger partial charge is 0.236 e.